The van der Waals surface area contributed by atoms with Crippen molar-refractivity contribution in [2.24, 2.45) is 5.73 Å². The van der Waals surface area contributed by atoms with Crippen LogP contribution in [0.3, 0.4) is 0 Å². The first-order valence-electron chi connectivity index (χ1n) is 4.19. The number of benzene rings is 1. The summed E-state index contributed by atoms with van der Waals surface area (Å²) in [6.45, 7) is 0. The van der Waals surface area contributed by atoms with Gasteiger partial charge >= 0.3 is 6.18 Å². The second-order valence-corrected chi connectivity index (χ2v) is 4.47. The standard InChI is InChI=1S/C9H8BrClF3NO.ClH/c10-6-2-1-4(11)3-5(6)7(15)8(16)9(12,13)14;/h1-3,7-8,16H,15H2;1H/t7-,8-;/m0./s1. The molecule has 2 atom stereocenters. The van der Waals surface area contributed by atoms with Crippen LogP contribution in [0.15, 0.2) is 22.7 Å². The molecule has 0 aromatic heterocycles. The Morgan fingerprint density at radius 1 is 1.35 bits per heavy atom. The molecule has 2 nitrogen and oxygen atoms in total. The maximum Gasteiger partial charge on any atom is 0.416 e. The van der Waals surface area contributed by atoms with Crippen LogP contribution in [0.25, 0.3) is 0 Å². The maximum absolute atomic E-state index is 12.2. The molecule has 98 valence electrons. The van der Waals surface area contributed by atoms with E-state index in [1.807, 2.05) is 0 Å². The third-order valence-corrected chi connectivity index (χ3v) is 2.95. The highest BCUT2D eigenvalue weighted by Crippen LogP contribution is 2.33. The third-order valence-electron chi connectivity index (χ3n) is 1.99. The third kappa shape index (κ3) is 4.30. The van der Waals surface area contributed by atoms with Crippen molar-refractivity contribution in [1.29, 1.82) is 0 Å². The van der Waals surface area contributed by atoms with E-state index in [1.165, 1.54) is 18.2 Å². The van der Waals surface area contributed by atoms with Gasteiger partial charge in [-0.2, -0.15) is 13.2 Å². The van der Waals surface area contributed by atoms with E-state index >= 15 is 0 Å². The normalized spacial score (nSPS) is 15.0. The zero-order valence-corrected chi connectivity index (χ0v) is 11.4. The number of hydrogen-bond acceptors (Lipinski definition) is 2. The molecule has 0 amide bonds. The van der Waals surface area contributed by atoms with Gasteiger partial charge in [0.25, 0.3) is 0 Å². The minimum absolute atomic E-state index is 0. The van der Waals surface area contributed by atoms with Crippen LogP contribution < -0.4 is 5.73 Å². The van der Waals surface area contributed by atoms with Crippen LogP contribution in [0.5, 0.6) is 0 Å². The Morgan fingerprint density at radius 2 is 1.88 bits per heavy atom. The van der Waals surface area contributed by atoms with Crippen molar-refractivity contribution in [1.82, 2.24) is 0 Å². The van der Waals surface area contributed by atoms with E-state index < -0.39 is 18.3 Å². The minimum Gasteiger partial charge on any atom is -0.382 e. The Balaban J connectivity index is 0.00000256. The summed E-state index contributed by atoms with van der Waals surface area (Å²) in [6, 6.07) is 2.68. The molecule has 0 heterocycles. The van der Waals surface area contributed by atoms with E-state index in [-0.39, 0.29) is 23.0 Å². The van der Waals surface area contributed by atoms with Crippen LogP contribution in [-0.2, 0) is 0 Å². The molecule has 0 bridgehead atoms. The van der Waals surface area contributed by atoms with E-state index in [0.717, 1.165) is 0 Å². The van der Waals surface area contributed by atoms with Crippen LogP contribution in [0.4, 0.5) is 13.2 Å². The number of aliphatic hydroxyl groups is 1. The van der Waals surface area contributed by atoms with Gasteiger partial charge in [-0.25, -0.2) is 0 Å². The number of halogens is 6. The first kappa shape index (κ1) is 17.0. The lowest BCUT2D eigenvalue weighted by Gasteiger charge is -2.22. The quantitative estimate of drug-likeness (QED) is 0.854. The second-order valence-electron chi connectivity index (χ2n) is 3.18. The predicted octanol–water partition coefficient (Wildman–Crippen LogP) is 3.45. The van der Waals surface area contributed by atoms with Gasteiger partial charge in [-0.15, -0.1) is 12.4 Å². The van der Waals surface area contributed by atoms with Gasteiger partial charge in [0.2, 0.25) is 0 Å². The monoisotopic (exact) mass is 353 g/mol. The van der Waals surface area contributed by atoms with Crippen LogP contribution in [-0.4, -0.2) is 17.4 Å². The Morgan fingerprint density at radius 3 is 2.35 bits per heavy atom. The SMILES string of the molecule is Cl.N[C@@H](c1cc(Cl)ccc1Br)[C@H](O)C(F)(F)F. The van der Waals surface area contributed by atoms with Crippen LogP contribution in [0.2, 0.25) is 5.02 Å². The van der Waals surface area contributed by atoms with Crippen molar-refractivity contribution < 1.29 is 18.3 Å². The van der Waals surface area contributed by atoms with Crippen molar-refractivity contribution in [3.8, 4) is 0 Å². The van der Waals surface area contributed by atoms with Gasteiger partial charge < -0.3 is 10.8 Å². The average molecular weight is 355 g/mol. The maximum atomic E-state index is 12.2. The summed E-state index contributed by atoms with van der Waals surface area (Å²) in [4.78, 5) is 0. The summed E-state index contributed by atoms with van der Waals surface area (Å²) in [5, 5.41) is 9.26. The fourth-order valence-corrected chi connectivity index (χ4v) is 1.84. The molecule has 8 heteroatoms. The molecule has 0 aliphatic rings. The van der Waals surface area contributed by atoms with Crippen molar-refractivity contribution >= 4 is 39.9 Å². The number of hydrogen-bond donors (Lipinski definition) is 2. The van der Waals surface area contributed by atoms with E-state index in [4.69, 9.17) is 22.4 Å². The number of rotatable bonds is 2. The topological polar surface area (TPSA) is 46.2 Å². The summed E-state index contributed by atoms with van der Waals surface area (Å²) < 4.78 is 37.1. The van der Waals surface area contributed by atoms with Crippen LogP contribution in [0, 0.1) is 0 Å². The first-order chi connectivity index (χ1) is 7.23. The first-order valence-corrected chi connectivity index (χ1v) is 5.36. The Bertz CT molecular complexity index is 389. The molecule has 1 aromatic rings. The number of alkyl halides is 3. The molecular weight excluding hydrogens is 346 g/mol. The van der Waals surface area contributed by atoms with Crippen molar-refractivity contribution in [3.05, 3.63) is 33.3 Å². The number of nitrogens with two attached hydrogens (primary N) is 1. The lowest BCUT2D eigenvalue weighted by molar-refractivity contribution is -0.210. The van der Waals surface area contributed by atoms with Gasteiger partial charge in [0.15, 0.2) is 6.10 Å². The van der Waals surface area contributed by atoms with E-state index in [2.05, 4.69) is 15.9 Å². The molecule has 0 radical (unpaired) electrons. The van der Waals surface area contributed by atoms with Crippen molar-refractivity contribution in [2.45, 2.75) is 18.3 Å². The fraction of sp³-hybridized carbons (Fsp3) is 0.333. The molecule has 17 heavy (non-hydrogen) atoms. The number of aliphatic hydroxyl groups excluding tert-OH is 1. The molecule has 0 aliphatic heterocycles. The fourth-order valence-electron chi connectivity index (χ4n) is 1.14. The highest BCUT2D eigenvalue weighted by molar-refractivity contribution is 9.10. The second kappa shape index (κ2) is 6.24. The van der Waals surface area contributed by atoms with E-state index in [9.17, 15) is 13.2 Å². The molecule has 0 saturated carbocycles. The molecule has 0 unspecified atom stereocenters. The largest absolute Gasteiger partial charge is 0.416 e. The van der Waals surface area contributed by atoms with Gasteiger partial charge in [-0.3, -0.25) is 0 Å². The summed E-state index contributed by atoms with van der Waals surface area (Å²) in [5.41, 5.74) is 5.44. The summed E-state index contributed by atoms with van der Waals surface area (Å²) >= 11 is 8.69. The zero-order valence-electron chi connectivity index (χ0n) is 8.21. The molecular formula is C9H9BrCl2F3NO. The lowest BCUT2D eigenvalue weighted by Crippen LogP contribution is -2.39. The molecule has 0 fully saturated rings. The minimum atomic E-state index is -4.76. The molecule has 0 saturated heterocycles. The highest BCUT2D eigenvalue weighted by Gasteiger charge is 2.43. The summed E-state index contributed by atoms with van der Waals surface area (Å²) in [6.07, 6.45) is -7.39. The van der Waals surface area contributed by atoms with Crippen LogP contribution >= 0.6 is 39.9 Å². The van der Waals surface area contributed by atoms with Crippen LogP contribution in [0.1, 0.15) is 11.6 Å². The highest BCUT2D eigenvalue weighted by atomic mass is 79.9. The van der Waals surface area contributed by atoms with Crippen molar-refractivity contribution in [3.63, 3.8) is 0 Å². The Kier molecular flexibility index (Phi) is 6.24. The smallest absolute Gasteiger partial charge is 0.382 e. The average Bonchev–Trinajstić information content (AvgIpc) is 2.18. The van der Waals surface area contributed by atoms with Gasteiger partial charge in [0.1, 0.15) is 0 Å². The molecule has 3 N–H and O–H groups in total. The Labute approximate surface area is 115 Å². The molecule has 1 rings (SSSR count). The van der Waals surface area contributed by atoms with Crippen molar-refractivity contribution in [2.75, 3.05) is 0 Å². The Hall–Kier alpha value is -0.0100. The summed E-state index contributed by atoms with van der Waals surface area (Å²) in [5.74, 6) is 0. The molecule has 1 aromatic carbocycles. The van der Waals surface area contributed by atoms with Gasteiger partial charge in [-0.1, -0.05) is 27.5 Å². The zero-order chi connectivity index (χ0) is 12.5. The van der Waals surface area contributed by atoms with E-state index in [1.54, 1.807) is 0 Å². The summed E-state index contributed by atoms with van der Waals surface area (Å²) in [7, 11) is 0. The molecule has 0 spiro atoms. The van der Waals surface area contributed by atoms with Gasteiger partial charge in [0.05, 0.1) is 6.04 Å². The predicted molar refractivity (Wildman–Crippen MR) is 65.4 cm³/mol. The van der Waals surface area contributed by atoms with E-state index in [0.29, 0.717) is 4.47 Å². The lowest BCUT2D eigenvalue weighted by atomic mass is 10.0. The van der Waals surface area contributed by atoms with Gasteiger partial charge in [0, 0.05) is 9.50 Å². The van der Waals surface area contributed by atoms with Gasteiger partial charge in [-0.05, 0) is 23.8 Å². The molecule has 0 aliphatic carbocycles.